The lowest BCUT2D eigenvalue weighted by molar-refractivity contribution is 0.385. The Hall–Kier alpha value is -2.68. The number of rotatable bonds is 6. The molecule has 29 heavy (non-hydrogen) atoms. The Labute approximate surface area is 173 Å². The Morgan fingerprint density at radius 3 is 2.59 bits per heavy atom. The van der Waals surface area contributed by atoms with E-state index >= 15 is 0 Å². The van der Waals surface area contributed by atoms with Crippen LogP contribution < -0.4 is 9.60 Å². The molecular formula is C21H21N3O3S2. The number of likely N-dealkylation sites (N-methyl/N-ethyl adjacent to an activating group) is 1. The number of thiazole rings is 1. The summed E-state index contributed by atoms with van der Waals surface area (Å²) in [5.41, 5.74) is 1.28. The van der Waals surface area contributed by atoms with E-state index in [2.05, 4.69) is 4.72 Å². The monoisotopic (exact) mass is 427 g/mol. The first-order chi connectivity index (χ1) is 13.8. The van der Waals surface area contributed by atoms with Crippen molar-refractivity contribution in [2.75, 3.05) is 25.4 Å². The average Bonchev–Trinajstić information content (AvgIpc) is 3.00. The minimum atomic E-state index is -3.79. The molecule has 4 aromatic rings. The molecule has 1 N–H and O–H groups in total. The highest BCUT2D eigenvalue weighted by Gasteiger charge is 2.18. The predicted octanol–water partition coefficient (Wildman–Crippen LogP) is 3.58. The summed E-state index contributed by atoms with van der Waals surface area (Å²) in [6, 6.07) is 17.9. The molecule has 8 heteroatoms. The van der Waals surface area contributed by atoms with Gasteiger partial charge < -0.3 is 4.90 Å². The molecule has 0 aliphatic rings. The molecule has 0 aliphatic carbocycles. The fourth-order valence-corrected chi connectivity index (χ4v) is 5.38. The highest BCUT2D eigenvalue weighted by molar-refractivity contribution is 7.92. The van der Waals surface area contributed by atoms with Crippen molar-refractivity contribution < 1.29 is 8.42 Å². The van der Waals surface area contributed by atoms with Crippen molar-refractivity contribution in [1.29, 1.82) is 0 Å². The molecule has 0 amide bonds. The van der Waals surface area contributed by atoms with Crippen molar-refractivity contribution in [3.05, 3.63) is 70.3 Å². The third-order valence-corrected chi connectivity index (χ3v) is 7.06. The first-order valence-electron chi connectivity index (χ1n) is 9.14. The van der Waals surface area contributed by atoms with E-state index in [0.717, 1.165) is 34.2 Å². The van der Waals surface area contributed by atoms with Gasteiger partial charge in [0.2, 0.25) is 0 Å². The van der Waals surface area contributed by atoms with Gasteiger partial charge in [0.1, 0.15) is 0 Å². The van der Waals surface area contributed by atoms with E-state index in [9.17, 15) is 13.2 Å². The van der Waals surface area contributed by atoms with Crippen molar-refractivity contribution >= 4 is 48.0 Å². The van der Waals surface area contributed by atoms with E-state index in [1.807, 2.05) is 55.4 Å². The number of hydrogen-bond acceptors (Lipinski definition) is 5. The molecule has 4 rings (SSSR count). The van der Waals surface area contributed by atoms with Crippen molar-refractivity contribution in [3.8, 4) is 0 Å². The van der Waals surface area contributed by atoms with E-state index in [4.69, 9.17) is 0 Å². The summed E-state index contributed by atoms with van der Waals surface area (Å²) >= 11 is 1.07. The molecule has 0 spiro atoms. The number of benzene rings is 3. The van der Waals surface area contributed by atoms with Gasteiger partial charge in [0.25, 0.3) is 10.0 Å². The van der Waals surface area contributed by atoms with Crippen LogP contribution in [0.5, 0.6) is 0 Å². The fourth-order valence-electron chi connectivity index (χ4n) is 3.24. The third-order valence-electron chi connectivity index (χ3n) is 4.75. The normalized spacial score (nSPS) is 12.1. The molecule has 0 unspecified atom stereocenters. The maximum absolute atomic E-state index is 13.0. The Morgan fingerprint density at radius 1 is 1.03 bits per heavy atom. The van der Waals surface area contributed by atoms with Crippen LogP contribution >= 0.6 is 11.3 Å². The van der Waals surface area contributed by atoms with Gasteiger partial charge in [-0.05, 0) is 43.7 Å². The van der Waals surface area contributed by atoms with Gasteiger partial charge in [-0.1, -0.05) is 47.7 Å². The topological polar surface area (TPSA) is 71.4 Å². The lowest BCUT2D eigenvalue weighted by atomic mass is 10.1. The summed E-state index contributed by atoms with van der Waals surface area (Å²) in [7, 11) is 0.107. The van der Waals surface area contributed by atoms with Crippen LogP contribution in [0, 0.1) is 0 Å². The summed E-state index contributed by atoms with van der Waals surface area (Å²) in [5, 5.41) is 1.79. The van der Waals surface area contributed by atoms with Crippen LogP contribution in [0.25, 0.3) is 21.0 Å². The van der Waals surface area contributed by atoms with Gasteiger partial charge in [0, 0.05) is 18.5 Å². The number of aromatic nitrogens is 1. The SMILES string of the molecule is CN(C)CCn1c(=O)sc2cc(S(=O)(=O)Nc3cccc4ccccc34)ccc21. The number of anilines is 1. The standard InChI is InChI=1S/C21H21N3O3S2/c1-23(2)12-13-24-19-11-10-16(14-20(19)28-21(24)25)29(26,27)22-18-9-5-7-15-6-3-4-8-17(15)18/h3-11,14,22H,12-13H2,1-2H3. The van der Waals surface area contributed by atoms with Crippen molar-refractivity contribution in [2.45, 2.75) is 11.4 Å². The molecule has 1 heterocycles. The first kappa shape index (κ1) is 19.6. The van der Waals surface area contributed by atoms with Crippen LogP contribution in [0.2, 0.25) is 0 Å². The third kappa shape index (κ3) is 3.91. The number of nitrogens with one attached hydrogen (secondary N) is 1. The van der Waals surface area contributed by atoms with Gasteiger partial charge in [0.05, 0.1) is 20.8 Å². The summed E-state index contributed by atoms with van der Waals surface area (Å²) in [6.45, 7) is 1.29. The Morgan fingerprint density at radius 2 is 1.79 bits per heavy atom. The molecule has 3 aromatic carbocycles. The second kappa shape index (κ2) is 7.62. The zero-order chi connectivity index (χ0) is 20.6. The quantitative estimate of drug-likeness (QED) is 0.511. The Bertz CT molecular complexity index is 1350. The lowest BCUT2D eigenvalue weighted by Crippen LogP contribution is -2.23. The van der Waals surface area contributed by atoms with Crippen molar-refractivity contribution in [1.82, 2.24) is 9.47 Å². The van der Waals surface area contributed by atoms with Gasteiger partial charge >= 0.3 is 4.87 Å². The summed E-state index contributed by atoms with van der Waals surface area (Å²) < 4.78 is 31.0. The minimum absolute atomic E-state index is 0.0848. The molecule has 0 saturated heterocycles. The maximum Gasteiger partial charge on any atom is 0.308 e. The molecule has 150 valence electrons. The van der Waals surface area contributed by atoms with Crippen LogP contribution in [0.3, 0.4) is 0 Å². The van der Waals surface area contributed by atoms with Gasteiger partial charge in [-0.15, -0.1) is 0 Å². The largest absolute Gasteiger partial charge is 0.308 e. The Kier molecular flexibility index (Phi) is 5.16. The number of hydrogen-bond donors (Lipinski definition) is 1. The van der Waals surface area contributed by atoms with Crippen LogP contribution in [0.1, 0.15) is 0 Å². The van der Waals surface area contributed by atoms with Gasteiger partial charge in [-0.25, -0.2) is 8.42 Å². The number of fused-ring (bicyclic) bond motifs is 2. The summed E-state index contributed by atoms with van der Waals surface area (Å²) in [5.74, 6) is 0. The molecule has 0 fully saturated rings. The number of sulfonamides is 1. The van der Waals surface area contributed by atoms with E-state index in [1.165, 1.54) is 0 Å². The molecule has 0 bridgehead atoms. The van der Waals surface area contributed by atoms with Crippen molar-refractivity contribution in [3.63, 3.8) is 0 Å². The molecule has 6 nitrogen and oxygen atoms in total. The van der Waals surface area contributed by atoms with E-state index < -0.39 is 10.0 Å². The maximum atomic E-state index is 13.0. The second-order valence-corrected chi connectivity index (χ2v) is 9.76. The summed E-state index contributed by atoms with van der Waals surface area (Å²) in [4.78, 5) is 14.4. The zero-order valence-corrected chi connectivity index (χ0v) is 17.8. The predicted molar refractivity (Wildman–Crippen MR) is 119 cm³/mol. The molecule has 0 aliphatic heterocycles. The van der Waals surface area contributed by atoms with E-state index in [-0.39, 0.29) is 9.77 Å². The summed E-state index contributed by atoms with van der Waals surface area (Å²) in [6.07, 6.45) is 0. The molecule has 1 aromatic heterocycles. The number of nitrogens with zero attached hydrogens (tertiary/aromatic N) is 2. The van der Waals surface area contributed by atoms with E-state index in [0.29, 0.717) is 16.9 Å². The fraction of sp³-hybridized carbons (Fsp3) is 0.190. The van der Waals surface area contributed by atoms with Crippen LogP contribution in [-0.4, -0.2) is 38.5 Å². The first-order valence-corrected chi connectivity index (χ1v) is 11.4. The second-order valence-electron chi connectivity index (χ2n) is 7.08. The smallest absolute Gasteiger partial charge is 0.308 e. The van der Waals surface area contributed by atoms with Crippen LogP contribution in [0.15, 0.2) is 70.4 Å². The van der Waals surface area contributed by atoms with Crippen LogP contribution in [-0.2, 0) is 16.6 Å². The van der Waals surface area contributed by atoms with Gasteiger partial charge in [-0.3, -0.25) is 14.1 Å². The zero-order valence-electron chi connectivity index (χ0n) is 16.1. The molecule has 0 radical (unpaired) electrons. The van der Waals surface area contributed by atoms with Gasteiger partial charge in [-0.2, -0.15) is 0 Å². The van der Waals surface area contributed by atoms with E-state index in [1.54, 1.807) is 28.8 Å². The Balaban J connectivity index is 1.71. The lowest BCUT2D eigenvalue weighted by Gasteiger charge is -2.12. The molecule has 0 saturated carbocycles. The molecular weight excluding hydrogens is 406 g/mol. The highest BCUT2D eigenvalue weighted by atomic mass is 32.2. The van der Waals surface area contributed by atoms with Crippen LogP contribution in [0.4, 0.5) is 5.69 Å². The molecule has 0 atom stereocenters. The highest BCUT2D eigenvalue weighted by Crippen LogP contribution is 2.27. The average molecular weight is 428 g/mol. The van der Waals surface area contributed by atoms with Gasteiger partial charge in [0.15, 0.2) is 0 Å². The van der Waals surface area contributed by atoms with Crippen molar-refractivity contribution in [2.24, 2.45) is 0 Å². The minimum Gasteiger partial charge on any atom is -0.308 e.